The van der Waals surface area contributed by atoms with Gasteiger partial charge in [0, 0.05) is 13.1 Å². The van der Waals surface area contributed by atoms with Gasteiger partial charge < -0.3 is 10.2 Å². The van der Waals surface area contributed by atoms with E-state index in [2.05, 4.69) is 31.2 Å². The summed E-state index contributed by atoms with van der Waals surface area (Å²) in [7, 11) is 1.94. The molecule has 2 nitrogen and oxygen atoms in total. The Kier molecular flexibility index (Phi) is 5.34. The first-order chi connectivity index (χ1) is 8.10. The molecule has 1 N–H and O–H groups in total. The Balaban J connectivity index is 2.90. The molecule has 1 unspecified atom stereocenters. The van der Waals surface area contributed by atoms with Gasteiger partial charge in [-0.3, -0.25) is 0 Å². The van der Waals surface area contributed by atoms with Gasteiger partial charge in [-0.1, -0.05) is 30.5 Å². The Morgan fingerprint density at radius 3 is 2.76 bits per heavy atom. The zero-order valence-corrected chi connectivity index (χ0v) is 11.4. The van der Waals surface area contributed by atoms with Gasteiger partial charge in [0.1, 0.15) is 0 Å². The van der Waals surface area contributed by atoms with E-state index >= 15 is 0 Å². The summed E-state index contributed by atoms with van der Waals surface area (Å²) in [6, 6.07) is 6.41. The Morgan fingerprint density at radius 1 is 1.53 bits per heavy atom. The van der Waals surface area contributed by atoms with Crippen LogP contribution in [0.1, 0.15) is 25.5 Å². The molecule has 1 atom stereocenters. The third kappa shape index (κ3) is 3.66. The van der Waals surface area contributed by atoms with E-state index in [0.717, 1.165) is 17.3 Å². The quantitative estimate of drug-likeness (QED) is 0.808. The van der Waals surface area contributed by atoms with Gasteiger partial charge in [-0.05, 0) is 31.2 Å². The Labute approximate surface area is 109 Å². The van der Waals surface area contributed by atoms with Crippen LogP contribution in [0, 0.1) is 12.3 Å². The van der Waals surface area contributed by atoms with Gasteiger partial charge in [0.2, 0.25) is 0 Å². The molecule has 0 spiro atoms. The Bertz CT molecular complexity index is 409. The summed E-state index contributed by atoms with van der Waals surface area (Å²) in [6.45, 7) is 5.71. The minimum absolute atomic E-state index is 0.310. The van der Waals surface area contributed by atoms with E-state index in [1.54, 1.807) is 0 Å². The highest BCUT2D eigenvalue weighted by Gasteiger charge is 2.09. The Hall–Kier alpha value is -1.17. The fourth-order valence-electron chi connectivity index (χ4n) is 1.75. The second-order valence-corrected chi connectivity index (χ2v) is 4.46. The summed E-state index contributed by atoms with van der Waals surface area (Å²) in [5.41, 5.74) is 2.16. The Morgan fingerprint density at radius 2 is 2.24 bits per heavy atom. The first kappa shape index (κ1) is 13.9. The maximum absolute atomic E-state index is 6.27. The molecule has 0 heterocycles. The molecule has 1 rings (SSSR count). The van der Waals surface area contributed by atoms with E-state index in [1.165, 1.54) is 5.56 Å². The minimum atomic E-state index is 0.310. The van der Waals surface area contributed by atoms with Crippen molar-refractivity contribution in [1.82, 2.24) is 5.32 Å². The summed E-state index contributed by atoms with van der Waals surface area (Å²) < 4.78 is 0. The molecule has 0 amide bonds. The van der Waals surface area contributed by atoms with Crippen molar-refractivity contribution < 1.29 is 0 Å². The lowest BCUT2D eigenvalue weighted by Gasteiger charge is -2.20. The molecule has 3 heteroatoms. The monoisotopic (exact) mass is 250 g/mol. The molecule has 0 aliphatic heterocycles. The third-order valence-corrected chi connectivity index (χ3v) is 3.02. The van der Waals surface area contributed by atoms with Crippen LogP contribution in [0.25, 0.3) is 0 Å². The van der Waals surface area contributed by atoms with Crippen LogP contribution in [-0.4, -0.2) is 20.1 Å². The fraction of sp³-hybridized carbons (Fsp3) is 0.429. The molecule has 92 valence electrons. The SMILES string of the molecule is C#CCN(C)c1ccc(C(C)NCC)cc1Cl. The lowest BCUT2D eigenvalue weighted by atomic mass is 10.1. The van der Waals surface area contributed by atoms with Crippen LogP contribution < -0.4 is 10.2 Å². The fourth-order valence-corrected chi connectivity index (χ4v) is 2.08. The maximum atomic E-state index is 6.27. The van der Waals surface area contributed by atoms with Crippen LogP contribution in [0.2, 0.25) is 5.02 Å². The summed E-state index contributed by atoms with van der Waals surface area (Å²) in [5, 5.41) is 4.10. The highest BCUT2D eigenvalue weighted by molar-refractivity contribution is 6.33. The molecular weight excluding hydrogens is 232 g/mol. The minimum Gasteiger partial charge on any atom is -0.362 e. The number of nitrogens with zero attached hydrogens (tertiary/aromatic N) is 1. The van der Waals surface area contributed by atoms with E-state index in [-0.39, 0.29) is 0 Å². The van der Waals surface area contributed by atoms with Crippen LogP contribution in [0.5, 0.6) is 0 Å². The molecule has 0 aliphatic rings. The van der Waals surface area contributed by atoms with E-state index in [9.17, 15) is 0 Å². The molecule has 0 bridgehead atoms. The summed E-state index contributed by atoms with van der Waals surface area (Å²) >= 11 is 6.27. The first-order valence-corrected chi connectivity index (χ1v) is 6.15. The molecule has 0 radical (unpaired) electrons. The summed E-state index contributed by atoms with van der Waals surface area (Å²) in [4.78, 5) is 1.96. The smallest absolute Gasteiger partial charge is 0.0788 e. The van der Waals surface area contributed by atoms with Gasteiger partial charge in [0.25, 0.3) is 0 Å². The average Bonchev–Trinajstić information content (AvgIpc) is 2.29. The molecule has 17 heavy (non-hydrogen) atoms. The molecule has 1 aromatic carbocycles. The standard InChI is InChI=1S/C14H19ClN2/c1-5-9-17(4)14-8-7-12(10-13(14)15)11(3)16-6-2/h1,7-8,10-11,16H,6,9H2,2-4H3. The topological polar surface area (TPSA) is 15.3 Å². The number of anilines is 1. The molecule has 0 aromatic heterocycles. The van der Waals surface area contributed by atoms with Gasteiger partial charge >= 0.3 is 0 Å². The predicted molar refractivity (Wildman–Crippen MR) is 75.6 cm³/mol. The molecule has 0 saturated heterocycles. The second-order valence-electron chi connectivity index (χ2n) is 4.05. The lowest BCUT2D eigenvalue weighted by molar-refractivity contribution is 0.598. The van der Waals surface area contributed by atoms with Gasteiger partial charge in [0.05, 0.1) is 17.3 Å². The van der Waals surface area contributed by atoms with Crippen molar-refractivity contribution in [1.29, 1.82) is 0 Å². The highest BCUT2D eigenvalue weighted by atomic mass is 35.5. The van der Waals surface area contributed by atoms with Crippen molar-refractivity contribution in [2.45, 2.75) is 19.9 Å². The molecule has 0 fully saturated rings. The van der Waals surface area contributed by atoms with Crippen molar-refractivity contribution >= 4 is 17.3 Å². The van der Waals surface area contributed by atoms with Crippen molar-refractivity contribution in [3.05, 3.63) is 28.8 Å². The summed E-state index contributed by atoms with van der Waals surface area (Å²) in [5.74, 6) is 2.61. The lowest BCUT2D eigenvalue weighted by Crippen LogP contribution is -2.19. The zero-order valence-electron chi connectivity index (χ0n) is 10.6. The van der Waals surface area contributed by atoms with E-state index in [0.29, 0.717) is 12.6 Å². The third-order valence-electron chi connectivity index (χ3n) is 2.72. The van der Waals surface area contributed by atoms with Gasteiger partial charge in [-0.2, -0.15) is 0 Å². The van der Waals surface area contributed by atoms with E-state index in [4.69, 9.17) is 18.0 Å². The number of halogens is 1. The van der Waals surface area contributed by atoms with Gasteiger partial charge in [-0.15, -0.1) is 6.42 Å². The number of rotatable bonds is 5. The molecular formula is C14H19ClN2. The number of hydrogen-bond donors (Lipinski definition) is 1. The van der Waals surface area contributed by atoms with Crippen molar-refractivity contribution in [3.63, 3.8) is 0 Å². The van der Waals surface area contributed by atoms with Crippen LogP contribution in [0.4, 0.5) is 5.69 Å². The van der Waals surface area contributed by atoms with E-state index in [1.807, 2.05) is 24.1 Å². The highest BCUT2D eigenvalue weighted by Crippen LogP contribution is 2.28. The molecule has 0 saturated carbocycles. The number of terminal acetylenes is 1. The number of benzene rings is 1. The van der Waals surface area contributed by atoms with Crippen molar-refractivity contribution in [2.24, 2.45) is 0 Å². The number of nitrogens with one attached hydrogen (secondary N) is 1. The second kappa shape index (κ2) is 6.54. The molecule has 0 aliphatic carbocycles. The zero-order chi connectivity index (χ0) is 12.8. The summed E-state index contributed by atoms with van der Waals surface area (Å²) in [6.07, 6.45) is 5.29. The van der Waals surface area contributed by atoms with Crippen LogP contribution in [0.15, 0.2) is 18.2 Å². The number of hydrogen-bond acceptors (Lipinski definition) is 2. The molecule has 1 aromatic rings. The average molecular weight is 251 g/mol. The maximum Gasteiger partial charge on any atom is 0.0788 e. The normalized spacial score (nSPS) is 11.9. The van der Waals surface area contributed by atoms with Crippen LogP contribution in [-0.2, 0) is 0 Å². The first-order valence-electron chi connectivity index (χ1n) is 5.77. The largest absolute Gasteiger partial charge is 0.362 e. The van der Waals surface area contributed by atoms with Crippen molar-refractivity contribution in [3.8, 4) is 12.3 Å². The van der Waals surface area contributed by atoms with Gasteiger partial charge in [-0.25, -0.2) is 0 Å². The van der Waals surface area contributed by atoms with Gasteiger partial charge in [0.15, 0.2) is 0 Å². The van der Waals surface area contributed by atoms with E-state index < -0.39 is 0 Å². The predicted octanol–water partition coefficient (Wildman–Crippen LogP) is 3.08. The van der Waals surface area contributed by atoms with Crippen molar-refractivity contribution in [2.75, 3.05) is 25.0 Å². The van der Waals surface area contributed by atoms with Crippen LogP contribution in [0.3, 0.4) is 0 Å². The van der Waals surface area contributed by atoms with Crippen LogP contribution >= 0.6 is 11.6 Å².